The maximum Gasteiger partial charge on any atom is 0.363 e. The van der Waals surface area contributed by atoms with Crippen molar-refractivity contribution in [3.8, 4) is 5.75 Å². The first-order valence-electron chi connectivity index (χ1n) is 10.1. The fourth-order valence-electron chi connectivity index (χ4n) is 3.71. The molecule has 3 rings (SSSR count). The lowest BCUT2D eigenvalue weighted by Gasteiger charge is -2.36. The van der Waals surface area contributed by atoms with Gasteiger partial charge in [0.15, 0.2) is 11.6 Å². The largest absolute Gasteiger partial charge is 0.490 e. The van der Waals surface area contributed by atoms with Crippen LogP contribution in [0.3, 0.4) is 0 Å². The molecule has 29 heavy (non-hydrogen) atoms. The minimum Gasteiger partial charge on any atom is -0.490 e. The quantitative estimate of drug-likeness (QED) is 0.461. The molecule has 2 unspecified atom stereocenters. The maximum absolute atomic E-state index is 14.8. The number of ether oxygens (including phenoxy) is 2. The van der Waals surface area contributed by atoms with E-state index in [-0.39, 0.29) is 24.3 Å². The number of aryl methyl sites for hydroxylation is 1. The van der Waals surface area contributed by atoms with Crippen molar-refractivity contribution in [2.75, 3.05) is 6.61 Å². The Morgan fingerprint density at radius 2 is 1.69 bits per heavy atom. The molecule has 2 nitrogen and oxygen atoms in total. The smallest absolute Gasteiger partial charge is 0.363 e. The Hall–Kier alpha value is -2.08. The van der Waals surface area contributed by atoms with E-state index in [0.29, 0.717) is 18.4 Å². The minimum absolute atomic E-state index is 0.0140. The number of hydrogen-bond acceptors (Lipinski definition) is 2. The molecule has 1 fully saturated rings. The van der Waals surface area contributed by atoms with Gasteiger partial charge in [0, 0.05) is 5.56 Å². The summed E-state index contributed by atoms with van der Waals surface area (Å²) >= 11 is 0. The summed E-state index contributed by atoms with van der Waals surface area (Å²) in [7, 11) is 0. The Bertz CT molecular complexity index is 820. The predicted molar refractivity (Wildman–Crippen MR) is 103 cm³/mol. The molecule has 0 radical (unpaired) electrons. The number of benzene rings is 2. The second-order valence-corrected chi connectivity index (χ2v) is 7.42. The van der Waals surface area contributed by atoms with E-state index in [1.807, 2.05) is 19.1 Å². The monoisotopic (exact) mass is 410 g/mol. The average molecular weight is 410 g/mol. The van der Waals surface area contributed by atoms with E-state index < -0.39 is 29.8 Å². The summed E-state index contributed by atoms with van der Waals surface area (Å²) < 4.78 is 68.5. The summed E-state index contributed by atoms with van der Waals surface area (Å²) in [6.07, 6.45) is -1.56. The van der Waals surface area contributed by atoms with E-state index in [0.717, 1.165) is 18.4 Å². The predicted octanol–water partition coefficient (Wildman–Crippen LogP) is 6.93. The molecule has 2 aromatic rings. The van der Waals surface area contributed by atoms with E-state index >= 15 is 0 Å². The molecule has 0 saturated carbocycles. The first kappa shape index (κ1) is 21.6. The summed E-state index contributed by atoms with van der Waals surface area (Å²) in [5, 5.41) is 0. The van der Waals surface area contributed by atoms with Gasteiger partial charge in [-0.3, -0.25) is 0 Å². The highest BCUT2D eigenvalue weighted by Gasteiger charge is 2.49. The van der Waals surface area contributed by atoms with Crippen LogP contribution in [-0.2, 0) is 11.2 Å². The van der Waals surface area contributed by atoms with Crippen molar-refractivity contribution >= 4 is 0 Å². The maximum atomic E-state index is 14.8. The second-order valence-electron chi connectivity index (χ2n) is 7.42. The van der Waals surface area contributed by atoms with Crippen LogP contribution in [0.15, 0.2) is 36.4 Å². The minimum atomic E-state index is -3.61. The first-order valence-corrected chi connectivity index (χ1v) is 10.1. The topological polar surface area (TPSA) is 18.5 Å². The van der Waals surface area contributed by atoms with E-state index in [9.17, 15) is 17.6 Å². The van der Waals surface area contributed by atoms with Crippen LogP contribution in [0.5, 0.6) is 5.75 Å². The molecule has 0 amide bonds. The molecule has 6 heteroatoms. The zero-order chi connectivity index (χ0) is 21.0. The molecular weight excluding hydrogens is 384 g/mol. The van der Waals surface area contributed by atoms with Gasteiger partial charge in [0.05, 0.1) is 18.6 Å². The molecular formula is C23H26F4O2. The second kappa shape index (κ2) is 9.16. The summed E-state index contributed by atoms with van der Waals surface area (Å²) in [6.45, 7) is 4.12. The fraction of sp³-hybridized carbons (Fsp3) is 0.478. The van der Waals surface area contributed by atoms with Gasteiger partial charge in [0.25, 0.3) is 0 Å². The number of rotatable bonds is 7. The standard InChI is InChI=1S/C23H26F4O2/c1-3-5-15-6-8-16(9-7-15)19-13-11-18(23(26,27)29-19)17-10-12-20(28-14-4-2)22(25)21(17)24/h6-10,12,18-19H,3-5,11,13-14H2,1-2H3. The lowest BCUT2D eigenvalue weighted by molar-refractivity contribution is -0.299. The van der Waals surface area contributed by atoms with Gasteiger partial charge in [-0.1, -0.05) is 50.6 Å². The summed E-state index contributed by atoms with van der Waals surface area (Å²) in [5.41, 5.74) is 1.42. The van der Waals surface area contributed by atoms with E-state index in [2.05, 4.69) is 6.92 Å². The van der Waals surface area contributed by atoms with Crippen LogP contribution < -0.4 is 4.74 Å². The number of hydrogen-bond donors (Lipinski definition) is 0. The lowest BCUT2D eigenvalue weighted by Crippen LogP contribution is -2.36. The van der Waals surface area contributed by atoms with Gasteiger partial charge in [-0.2, -0.15) is 13.2 Å². The average Bonchev–Trinajstić information content (AvgIpc) is 2.70. The summed E-state index contributed by atoms with van der Waals surface area (Å²) in [5.74, 6) is -4.35. The third-order valence-corrected chi connectivity index (χ3v) is 5.23. The Morgan fingerprint density at radius 3 is 2.31 bits per heavy atom. The first-order chi connectivity index (χ1) is 13.9. The van der Waals surface area contributed by atoms with Crippen molar-refractivity contribution in [3.63, 3.8) is 0 Å². The molecule has 0 aliphatic carbocycles. The molecule has 0 bridgehead atoms. The lowest BCUT2D eigenvalue weighted by atomic mass is 9.87. The normalized spacial score (nSPS) is 21.2. The highest BCUT2D eigenvalue weighted by atomic mass is 19.3. The van der Waals surface area contributed by atoms with Crippen molar-refractivity contribution in [2.24, 2.45) is 0 Å². The summed E-state index contributed by atoms with van der Waals surface area (Å²) in [4.78, 5) is 0. The number of halogens is 4. The third kappa shape index (κ3) is 4.74. The van der Waals surface area contributed by atoms with Crippen molar-refractivity contribution in [2.45, 2.75) is 64.1 Å². The van der Waals surface area contributed by atoms with Crippen LogP contribution in [0.2, 0.25) is 0 Å². The Kier molecular flexibility index (Phi) is 6.83. The van der Waals surface area contributed by atoms with Gasteiger partial charge in [-0.25, -0.2) is 4.39 Å². The molecule has 1 saturated heterocycles. The van der Waals surface area contributed by atoms with Crippen LogP contribution in [0, 0.1) is 11.6 Å². The summed E-state index contributed by atoms with van der Waals surface area (Å²) in [6, 6.07) is 9.80. The van der Waals surface area contributed by atoms with Crippen molar-refractivity contribution < 1.29 is 27.0 Å². The SMILES string of the molecule is CCCOc1ccc(C2CCC(c3ccc(CCC)cc3)OC2(F)F)c(F)c1F. The molecule has 0 spiro atoms. The molecule has 2 atom stereocenters. The fourth-order valence-corrected chi connectivity index (χ4v) is 3.71. The van der Waals surface area contributed by atoms with Gasteiger partial charge in [-0.15, -0.1) is 0 Å². The molecule has 1 aliphatic rings. The Morgan fingerprint density at radius 1 is 0.966 bits per heavy atom. The van der Waals surface area contributed by atoms with Crippen LogP contribution in [0.1, 0.15) is 68.2 Å². The van der Waals surface area contributed by atoms with Crippen LogP contribution >= 0.6 is 0 Å². The van der Waals surface area contributed by atoms with Crippen molar-refractivity contribution in [1.29, 1.82) is 0 Å². The van der Waals surface area contributed by atoms with Gasteiger partial charge in [0.2, 0.25) is 5.82 Å². The zero-order valence-electron chi connectivity index (χ0n) is 16.7. The van der Waals surface area contributed by atoms with Crippen molar-refractivity contribution in [3.05, 3.63) is 64.7 Å². The highest BCUT2D eigenvalue weighted by molar-refractivity contribution is 5.34. The molecule has 0 aromatic heterocycles. The number of alkyl halides is 2. The zero-order valence-corrected chi connectivity index (χ0v) is 16.7. The third-order valence-electron chi connectivity index (χ3n) is 5.23. The van der Waals surface area contributed by atoms with E-state index in [1.54, 1.807) is 12.1 Å². The Balaban J connectivity index is 1.77. The molecule has 1 heterocycles. The molecule has 1 aliphatic heterocycles. The van der Waals surface area contributed by atoms with Crippen molar-refractivity contribution in [1.82, 2.24) is 0 Å². The van der Waals surface area contributed by atoms with E-state index in [1.165, 1.54) is 12.1 Å². The molecule has 2 aromatic carbocycles. The van der Waals surface area contributed by atoms with Crippen LogP contribution in [-0.4, -0.2) is 12.7 Å². The molecule has 158 valence electrons. The van der Waals surface area contributed by atoms with Gasteiger partial charge in [0.1, 0.15) is 0 Å². The van der Waals surface area contributed by atoms with Crippen LogP contribution in [0.4, 0.5) is 17.6 Å². The van der Waals surface area contributed by atoms with Crippen LogP contribution in [0.25, 0.3) is 0 Å². The highest BCUT2D eigenvalue weighted by Crippen LogP contribution is 2.49. The van der Waals surface area contributed by atoms with Gasteiger partial charge < -0.3 is 9.47 Å². The van der Waals surface area contributed by atoms with Gasteiger partial charge >= 0.3 is 6.11 Å². The Labute approximate surface area is 168 Å². The van der Waals surface area contributed by atoms with E-state index in [4.69, 9.17) is 9.47 Å². The van der Waals surface area contributed by atoms with Gasteiger partial charge in [-0.05, 0) is 42.9 Å². The molecule has 0 N–H and O–H groups in total.